The van der Waals surface area contributed by atoms with Gasteiger partial charge in [-0.3, -0.25) is 0 Å². The van der Waals surface area contributed by atoms with E-state index in [0.29, 0.717) is 30.3 Å². The van der Waals surface area contributed by atoms with Crippen molar-refractivity contribution in [2.75, 3.05) is 20.3 Å². The first-order valence-corrected chi connectivity index (χ1v) is 7.46. The maximum Gasteiger partial charge on any atom is 0.162 e. The molecule has 0 radical (unpaired) electrons. The van der Waals surface area contributed by atoms with Crippen molar-refractivity contribution in [2.24, 2.45) is 0 Å². The zero-order valence-electron chi connectivity index (χ0n) is 14.0. The zero-order chi connectivity index (χ0) is 16.8. The Kier molecular flexibility index (Phi) is 5.48. The average Bonchev–Trinajstić information content (AvgIpc) is 2.55. The van der Waals surface area contributed by atoms with E-state index in [1.165, 1.54) is 11.1 Å². The van der Waals surface area contributed by atoms with E-state index in [2.05, 4.69) is 32.9 Å². The van der Waals surface area contributed by atoms with Gasteiger partial charge in [0.2, 0.25) is 0 Å². The Balaban J connectivity index is 1.95. The molecule has 0 aliphatic carbocycles. The second kappa shape index (κ2) is 7.55. The molecular formula is C19H21NO3. The second-order valence-electron chi connectivity index (χ2n) is 5.38. The van der Waals surface area contributed by atoms with Crippen molar-refractivity contribution in [3.63, 3.8) is 0 Å². The third kappa shape index (κ3) is 4.17. The Morgan fingerprint density at radius 2 is 1.61 bits per heavy atom. The van der Waals surface area contributed by atoms with Gasteiger partial charge < -0.3 is 14.2 Å². The number of nitriles is 1. The first-order valence-electron chi connectivity index (χ1n) is 7.46. The summed E-state index contributed by atoms with van der Waals surface area (Å²) in [7, 11) is 1.55. The van der Waals surface area contributed by atoms with Crippen LogP contribution < -0.4 is 14.2 Å². The monoisotopic (exact) mass is 311 g/mol. The van der Waals surface area contributed by atoms with Crippen LogP contribution in [-0.2, 0) is 0 Å². The van der Waals surface area contributed by atoms with E-state index in [1.54, 1.807) is 25.3 Å². The molecule has 0 saturated heterocycles. The third-order valence-electron chi connectivity index (χ3n) is 3.66. The molecular weight excluding hydrogens is 290 g/mol. The van der Waals surface area contributed by atoms with E-state index in [-0.39, 0.29) is 0 Å². The Morgan fingerprint density at radius 3 is 2.26 bits per heavy atom. The topological polar surface area (TPSA) is 51.5 Å². The van der Waals surface area contributed by atoms with Gasteiger partial charge in [-0.2, -0.15) is 5.26 Å². The van der Waals surface area contributed by atoms with E-state index < -0.39 is 0 Å². The maximum atomic E-state index is 8.89. The highest BCUT2D eigenvalue weighted by molar-refractivity contribution is 5.46. The van der Waals surface area contributed by atoms with Crippen LogP contribution in [0.4, 0.5) is 0 Å². The summed E-state index contributed by atoms with van der Waals surface area (Å²) in [5, 5.41) is 8.89. The molecule has 23 heavy (non-hydrogen) atoms. The highest BCUT2D eigenvalue weighted by Crippen LogP contribution is 2.28. The van der Waals surface area contributed by atoms with Gasteiger partial charge in [-0.25, -0.2) is 0 Å². The highest BCUT2D eigenvalue weighted by Gasteiger charge is 2.07. The van der Waals surface area contributed by atoms with Gasteiger partial charge in [0.1, 0.15) is 19.0 Å². The average molecular weight is 311 g/mol. The van der Waals surface area contributed by atoms with Crippen molar-refractivity contribution < 1.29 is 14.2 Å². The Bertz CT molecular complexity index is 732. The van der Waals surface area contributed by atoms with E-state index in [9.17, 15) is 0 Å². The Morgan fingerprint density at radius 1 is 0.913 bits per heavy atom. The Labute approximate surface area is 137 Å². The van der Waals surface area contributed by atoms with E-state index in [1.807, 2.05) is 6.07 Å². The Hall–Kier alpha value is -2.67. The predicted octanol–water partition coefficient (Wildman–Crippen LogP) is 3.95. The minimum Gasteiger partial charge on any atom is -0.493 e. The molecule has 0 aliphatic heterocycles. The van der Waals surface area contributed by atoms with Crippen molar-refractivity contribution in [3.8, 4) is 23.3 Å². The minimum atomic E-state index is 0.398. The second-order valence-corrected chi connectivity index (χ2v) is 5.38. The van der Waals surface area contributed by atoms with Crippen LogP contribution in [0.5, 0.6) is 17.2 Å². The van der Waals surface area contributed by atoms with Crippen LogP contribution in [0.15, 0.2) is 30.3 Å². The molecule has 120 valence electrons. The number of nitrogens with zero attached hydrogens (tertiary/aromatic N) is 1. The molecule has 0 aliphatic rings. The molecule has 0 amide bonds. The lowest BCUT2D eigenvalue weighted by Gasteiger charge is -2.14. The number of hydrogen-bond acceptors (Lipinski definition) is 4. The first kappa shape index (κ1) is 16.7. The summed E-state index contributed by atoms with van der Waals surface area (Å²) in [4.78, 5) is 0. The van der Waals surface area contributed by atoms with Crippen molar-refractivity contribution >= 4 is 0 Å². The standard InChI is InChI=1S/C19H21NO3/c1-13-9-14(2)15(3)18(10-13)23-8-7-22-17-6-5-16(12-20)11-19(17)21-4/h5-6,9-11H,7-8H2,1-4H3. The third-order valence-corrected chi connectivity index (χ3v) is 3.66. The number of rotatable bonds is 6. The van der Waals surface area contributed by atoms with E-state index in [4.69, 9.17) is 19.5 Å². The van der Waals surface area contributed by atoms with Gasteiger partial charge in [-0.15, -0.1) is 0 Å². The fourth-order valence-corrected chi connectivity index (χ4v) is 2.31. The molecule has 0 aromatic heterocycles. The molecule has 4 heteroatoms. The van der Waals surface area contributed by atoms with Gasteiger partial charge in [0, 0.05) is 6.07 Å². The predicted molar refractivity (Wildman–Crippen MR) is 89.4 cm³/mol. The van der Waals surface area contributed by atoms with Crippen molar-refractivity contribution in [1.29, 1.82) is 5.26 Å². The van der Waals surface area contributed by atoms with Crippen LogP contribution in [0, 0.1) is 32.1 Å². The molecule has 0 bridgehead atoms. The van der Waals surface area contributed by atoms with Crippen LogP contribution in [0.3, 0.4) is 0 Å². The van der Waals surface area contributed by atoms with Crippen molar-refractivity contribution in [3.05, 3.63) is 52.6 Å². The molecule has 2 aromatic carbocycles. The lowest BCUT2D eigenvalue weighted by molar-refractivity contribution is 0.210. The fraction of sp³-hybridized carbons (Fsp3) is 0.316. The molecule has 0 atom stereocenters. The SMILES string of the molecule is COc1cc(C#N)ccc1OCCOc1cc(C)cc(C)c1C. The van der Waals surface area contributed by atoms with Gasteiger partial charge in [0.15, 0.2) is 11.5 Å². The van der Waals surface area contributed by atoms with E-state index in [0.717, 1.165) is 11.3 Å². The van der Waals surface area contributed by atoms with Crippen molar-refractivity contribution in [2.45, 2.75) is 20.8 Å². The van der Waals surface area contributed by atoms with E-state index >= 15 is 0 Å². The molecule has 0 saturated carbocycles. The lowest BCUT2D eigenvalue weighted by Crippen LogP contribution is -2.10. The summed E-state index contributed by atoms with van der Waals surface area (Å²) in [5.41, 5.74) is 4.08. The normalized spacial score (nSPS) is 10.0. The lowest BCUT2D eigenvalue weighted by atomic mass is 10.1. The van der Waals surface area contributed by atoms with Crippen LogP contribution in [-0.4, -0.2) is 20.3 Å². The molecule has 0 spiro atoms. The summed E-state index contributed by atoms with van der Waals surface area (Å²) in [6.07, 6.45) is 0. The number of ether oxygens (including phenoxy) is 3. The summed E-state index contributed by atoms with van der Waals surface area (Å²) in [6.45, 7) is 7.01. The summed E-state index contributed by atoms with van der Waals surface area (Å²) >= 11 is 0. The molecule has 0 unspecified atom stereocenters. The zero-order valence-corrected chi connectivity index (χ0v) is 14.0. The smallest absolute Gasteiger partial charge is 0.162 e. The van der Waals surface area contributed by atoms with Crippen LogP contribution >= 0.6 is 0 Å². The largest absolute Gasteiger partial charge is 0.493 e. The quantitative estimate of drug-likeness (QED) is 0.758. The number of methoxy groups -OCH3 is 1. The van der Waals surface area contributed by atoms with Gasteiger partial charge in [-0.1, -0.05) is 6.07 Å². The van der Waals surface area contributed by atoms with Crippen molar-refractivity contribution in [1.82, 2.24) is 0 Å². The molecule has 4 nitrogen and oxygen atoms in total. The summed E-state index contributed by atoms with van der Waals surface area (Å²) in [5.74, 6) is 2.04. The fourth-order valence-electron chi connectivity index (χ4n) is 2.31. The van der Waals surface area contributed by atoms with Gasteiger partial charge in [-0.05, 0) is 55.7 Å². The number of benzene rings is 2. The van der Waals surface area contributed by atoms with Crippen LogP contribution in [0.25, 0.3) is 0 Å². The number of hydrogen-bond donors (Lipinski definition) is 0. The minimum absolute atomic E-state index is 0.398. The summed E-state index contributed by atoms with van der Waals surface area (Å²) < 4.78 is 16.7. The van der Waals surface area contributed by atoms with Crippen LogP contribution in [0.1, 0.15) is 22.3 Å². The molecule has 2 aromatic rings. The van der Waals surface area contributed by atoms with Gasteiger partial charge >= 0.3 is 0 Å². The van der Waals surface area contributed by atoms with Crippen LogP contribution in [0.2, 0.25) is 0 Å². The number of aryl methyl sites for hydroxylation is 2. The maximum absolute atomic E-state index is 8.89. The van der Waals surface area contributed by atoms with Gasteiger partial charge in [0.25, 0.3) is 0 Å². The molecule has 2 rings (SSSR count). The molecule has 0 N–H and O–H groups in total. The first-order chi connectivity index (χ1) is 11.0. The van der Waals surface area contributed by atoms with Gasteiger partial charge in [0.05, 0.1) is 18.7 Å². The summed E-state index contributed by atoms with van der Waals surface area (Å²) in [6, 6.07) is 11.3. The molecule has 0 fully saturated rings. The highest BCUT2D eigenvalue weighted by atomic mass is 16.5. The molecule has 0 heterocycles.